The van der Waals surface area contributed by atoms with Gasteiger partial charge < -0.3 is 10.6 Å². The van der Waals surface area contributed by atoms with E-state index in [4.69, 9.17) is 0 Å². The molecule has 2 rings (SSSR count). The molecule has 0 saturated carbocycles. The minimum atomic E-state index is 0.533. The molecule has 0 spiro atoms. The van der Waals surface area contributed by atoms with Crippen LogP contribution in [0, 0.1) is 0 Å². The van der Waals surface area contributed by atoms with Crippen molar-refractivity contribution in [1.82, 2.24) is 5.32 Å². The van der Waals surface area contributed by atoms with Crippen LogP contribution in [0.4, 0.5) is 5.69 Å². The number of hydrogen-bond acceptors (Lipinski definition) is 2. The summed E-state index contributed by atoms with van der Waals surface area (Å²) in [6.45, 7) is 7.93. The molecule has 0 aromatic heterocycles. The second-order valence-corrected chi connectivity index (χ2v) is 5.85. The lowest BCUT2D eigenvalue weighted by Gasteiger charge is -2.19. The molecule has 1 aromatic carbocycles. The van der Waals surface area contributed by atoms with Gasteiger partial charge in [0.15, 0.2) is 0 Å². The van der Waals surface area contributed by atoms with Crippen LogP contribution in [0.3, 0.4) is 0 Å². The maximum Gasteiger partial charge on any atom is 0.0342 e. The van der Waals surface area contributed by atoms with Gasteiger partial charge in [-0.3, -0.25) is 0 Å². The van der Waals surface area contributed by atoms with E-state index >= 15 is 0 Å². The highest BCUT2D eigenvalue weighted by atomic mass is 15.0. The van der Waals surface area contributed by atoms with Gasteiger partial charge in [0.05, 0.1) is 0 Å². The number of rotatable bonds is 5. The third-order valence-corrected chi connectivity index (χ3v) is 3.79. The lowest BCUT2D eigenvalue weighted by molar-refractivity contribution is 0.523. The summed E-state index contributed by atoms with van der Waals surface area (Å²) in [5, 5.41) is 7.15. The molecule has 1 fully saturated rings. The Balaban J connectivity index is 1.84. The van der Waals surface area contributed by atoms with E-state index < -0.39 is 0 Å². The van der Waals surface area contributed by atoms with Crippen LogP contribution < -0.4 is 10.6 Å². The smallest absolute Gasteiger partial charge is 0.0342 e. The summed E-state index contributed by atoms with van der Waals surface area (Å²) in [5.74, 6) is 0.610. The molecule has 2 atom stereocenters. The molecule has 18 heavy (non-hydrogen) atoms. The van der Waals surface area contributed by atoms with Crippen LogP contribution >= 0.6 is 0 Å². The SMILES string of the molecule is CC(CC1CCCN1)Nc1ccc(C(C)C)cc1. The van der Waals surface area contributed by atoms with Gasteiger partial charge in [0, 0.05) is 17.8 Å². The quantitative estimate of drug-likeness (QED) is 0.826. The van der Waals surface area contributed by atoms with Crippen molar-refractivity contribution >= 4 is 5.69 Å². The Bertz CT molecular complexity index is 350. The summed E-state index contributed by atoms with van der Waals surface area (Å²) in [7, 11) is 0. The zero-order chi connectivity index (χ0) is 13.0. The van der Waals surface area contributed by atoms with Gasteiger partial charge in [-0.25, -0.2) is 0 Å². The number of anilines is 1. The highest BCUT2D eigenvalue weighted by molar-refractivity contribution is 5.45. The van der Waals surface area contributed by atoms with Crippen LogP contribution in [-0.2, 0) is 0 Å². The molecule has 1 aromatic rings. The van der Waals surface area contributed by atoms with Crippen molar-refractivity contribution in [2.24, 2.45) is 0 Å². The minimum absolute atomic E-state index is 0.533. The molecule has 1 heterocycles. The minimum Gasteiger partial charge on any atom is -0.383 e. The van der Waals surface area contributed by atoms with Gasteiger partial charge in [-0.1, -0.05) is 26.0 Å². The van der Waals surface area contributed by atoms with Gasteiger partial charge in [-0.05, 0) is 56.3 Å². The molecule has 0 bridgehead atoms. The Labute approximate surface area is 111 Å². The molecule has 2 N–H and O–H groups in total. The van der Waals surface area contributed by atoms with Gasteiger partial charge in [0.2, 0.25) is 0 Å². The van der Waals surface area contributed by atoms with Gasteiger partial charge in [0.1, 0.15) is 0 Å². The topological polar surface area (TPSA) is 24.1 Å². The number of benzene rings is 1. The molecular weight excluding hydrogens is 220 g/mol. The van der Waals surface area contributed by atoms with E-state index in [-0.39, 0.29) is 0 Å². The normalized spacial score (nSPS) is 21.2. The summed E-state index contributed by atoms with van der Waals surface area (Å²) in [6, 6.07) is 10.1. The van der Waals surface area contributed by atoms with Crippen LogP contribution in [0.1, 0.15) is 51.5 Å². The zero-order valence-electron chi connectivity index (χ0n) is 11.9. The molecular formula is C16H26N2. The molecule has 0 amide bonds. The van der Waals surface area contributed by atoms with Crippen molar-refractivity contribution in [2.75, 3.05) is 11.9 Å². The predicted molar refractivity (Wildman–Crippen MR) is 79.3 cm³/mol. The summed E-state index contributed by atoms with van der Waals surface area (Å²) >= 11 is 0. The zero-order valence-corrected chi connectivity index (χ0v) is 11.9. The first kappa shape index (κ1) is 13.4. The monoisotopic (exact) mass is 246 g/mol. The second kappa shape index (κ2) is 6.24. The van der Waals surface area contributed by atoms with Crippen LogP contribution in [0.2, 0.25) is 0 Å². The maximum atomic E-state index is 3.59. The lowest BCUT2D eigenvalue weighted by atomic mass is 10.0. The molecule has 2 unspecified atom stereocenters. The summed E-state index contributed by atoms with van der Waals surface area (Å²) in [5.41, 5.74) is 2.65. The third kappa shape index (κ3) is 3.74. The third-order valence-electron chi connectivity index (χ3n) is 3.79. The number of nitrogens with one attached hydrogen (secondary N) is 2. The molecule has 2 heteroatoms. The van der Waals surface area contributed by atoms with Gasteiger partial charge in [0.25, 0.3) is 0 Å². The van der Waals surface area contributed by atoms with Crippen LogP contribution in [0.25, 0.3) is 0 Å². The summed E-state index contributed by atoms with van der Waals surface area (Å²) < 4.78 is 0. The average molecular weight is 246 g/mol. The summed E-state index contributed by atoms with van der Waals surface area (Å²) in [4.78, 5) is 0. The Morgan fingerprint density at radius 3 is 2.50 bits per heavy atom. The highest BCUT2D eigenvalue weighted by Gasteiger charge is 2.16. The first-order chi connectivity index (χ1) is 8.65. The van der Waals surface area contributed by atoms with E-state index in [9.17, 15) is 0 Å². The van der Waals surface area contributed by atoms with E-state index in [1.807, 2.05) is 0 Å². The molecule has 2 nitrogen and oxygen atoms in total. The Morgan fingerprint density at radius 1 is 1.22 bits per heavy atom. The van der Waals surface area contributed by atoms with Crippen molar-refractivity contribution in [2.45, 2.75) is 58.0 Å². The fourth-order valence-corrected chi connectivity index (χ4v) is 2.69. The lowest BCUT2D eigenvalue weighted by Crippen LogP contribution is -2.29. The van der Waals surface area contributed by atoms with Crippen molar-refractivity contribution < 1.29 is 0 Å². The number of hydrogen-bond donors (Lipinski definition) is 2. The Hall–Kier alpha value is -1.02. The van der Waals surface area contributed by atoms with E-state index in [0.29, 0.717) is 18.0 Å². The van der Waals surface area contributed by atoms with Crippen molar-refractivity contribution in [3.8, 4) is 0 Å². The fourth-order valence-electron chi connectivity index (χ4n) is 2.69. The predicted octanol–water partition coefficient (Wildman–Crippen LogP) is 3.75. The van der Waals surface area contributed by atoms with Gasteiger partial charge >= 0.3 is 0 Å². The largest absolute Gasteiger partial charge is 0.383 e. The van der Waals surface area contributed by atoms with Crippen LogP contribution in [0.5, 0.6) is 0 Å². The first-order valence-corrected chi connectivity index (χ1v) is 7.25. The molecule has 100 valence electrons. The highest BCUT2D eigenvalue weighted by Crippen LogP contribution is 2.19. The maximum absolute atomic E-state index is 3.59. The van der Waals surface area contributed by atoms with E-state index in [1.165, 1.54) is 37.1 Å². The van der Waals surface area contributed by atoms with Gasteiger partial charge in [-0.2, -0.15) is 0 Å². The molecule has 1 saturated heterocycles. The molecule has 0 radical (unpaired) electrons. The van der Waals surface area contributed by atoms with E-state index in [1.54, 1.807) is 0 Å². The molecule has 1 aliphatic rings. The van der Waals surface area contributed by atoms with E-state index in [0.717, 1.165) is 0 Å². The fraction of sp³-hybridized carbons (Fsp3) is 0.625. The van der Waals surface area contributed by atoms with Crippen molar-refractivity contribution in [3.05, 3.63) is 29.8 Å². The molecule has 1 aliphatic heterocycles. The second-order valence-electron chi connectivity index (χ2n) is 5.85. The van der Waals surface area contributed by atoms with Crippen LogP contribution in [0.15, 0.2) is 24.3 Å². The standard InChI is InChI=1S/C16H26N2/c1-12(2)14-6-8-15(9-7-14)18-13(3)11-16-5-4-10-17-16/h6-9,12-13,16-18H,4-5,10-11H2,1-3H3. The molecule has 0 aliphatic carbocycles. The first-order valence-electron chi connectivity index (χ1n) is 7.25. The van der Waals surface area contributed by atoms with Crippen molar-refractivity contribution in [1.29, 1.82) is 0 Å². The van der Waals surface area contributed by atoms with Crippen LogP contribution in [-0.4, -0.2) is 18.6 Å². The average Bonchev–Trinajstić information content (AvgIpc) is 2.82. The van der Waals surface area contributed by atoms with Crippen molar-refractivity contribution in [3.63, 3.8) is 0 Å². The Morgan fingerprint density at radius 2 is 1.94 bits per heavy atom. The van der Waals surface area contributed by atoms with E-state index in [2.05, 4.69) is 55.7 Å². The Kier molecular flexibility index (Phi) is 4.65. The van der Waals surface area contributed by atoms with Gasteiger partial charge in [-0.15, -0.1) is 0 Å². The summed E-state index contributed by atoms with van der Waals surface area (Å²) in [6.07, 6.45) is 3.88.